The summed E-state index contributed by atoms with van der Waals surface area (Å²) in [7, 11) is 1.69. The number of anilines is 1. The Morgan fingerprint density at radius 2 is 2.26 bits per heavy atom. The van der Waals surface area contributed by atoms with Crippen LogP contribution in [0.1, 0.15) is 30.1 Å². The fourth-order valence-electron chi connectivity index (χ4n) is 2.53. The van der Waals surface area contributed by atoms with Crippen LogP contribution < -0.4 is 4.90 Å². The maximum Gasteiger partial charge on any atom is 0.337 e. The molecule has 1 aromatic carbocycles. The molecule has 1 unspecified atom stereocenters. The largest absolute Gasteiger partial charge is 0.478 e. The van der Waals surface area contributed by atoms with Gasteiger partial charge in [0.2, 0.25) is 0 Å². The fourth-order valence-corrected chi connectivity index (χ4v) is 2.69. The van der Waals surface area contributed by atoms with Crippen molar-refractivity contribution in [3.05, 3.63) is 28.8 Å². The summed E-state index contributed by atoms with van der Waals surface area (Å²) < 4.78 is 5.54. The van der Waals surface area contributed by atoms with E-state index in [9.17, 15) is 9.90 Å². The van der Waals surface area contributed by atoms with E-state index >= 15 is 0 Å². The van der Waals surface area contributed by atoms with Crippen molar-refractivity contribution >= 4 is 23.3 Å². The van der Waals surface area contributed by atoms with Gasteiger partial charge in [0.05, 0.1) is 16.9 Å². The third-order valence-corrected chi connectivity index (χ3v) is 3.92. The highest BCUT2D eigenvalue weighted by atomic mass is 35.5. The Balaban J connectivity index is 2.35. The second kappa shape index (κ2) is 5.39. The van der Waals surface area contributed by atoms with Crippen molar-refractivity contribution in [3.63, 3.8) is 0 Å². The standard InChI is InChI=1S/C14H18ClNO3/c1-14(19-2)6-3-7-16(9-14)12-8-10(15)4-5-11(12)13(17)18/h4-5,8H,3,6-7,9H2,1-2H3,(H,17,18). The summed E-state index contributed by atoms with van der Waals surface area (Å²) in [4.78, 5) is 13.3. The van der Waals surface area contributed by atoms with E-state index in [2.05, 4.69) is 0 Å². The van der Waals surface area contributed by atoms with Gasteiger partial charge >= 0.3 is 5.97 Å². The average Bonchev–Trinajstić information content (AvgIpc) is 2.38. The van der Waals surface area contributed by atoms with E-state index in [4.69, 9.17) is 16.3 Å². The molecular formula is C14H18ClNO3. The van der Waals surface area contributed by atoms with E-state index in [0.717, 1.165) is 19.4 Å². The summed E-state index contributed by atoms with van der Waals surface area (Å²) in [6.07, 6.45) is 1.94. The Labute approximate surface area is 117 Å². The van der Waals surface area contributed by atoms with Crippen molar-refractivity contribution in [2.45, 2.75) is 25.4 Å². The molecule has 4 nitrogen and oxygen atoms in total. The van der Waals surface area contributed by atoms with Crippen LogP contribution in [0.3, 0.4) is 0 Å². The molecule has 2 rings (SSSR count). The number of hydrogen-bond acceptors (Lipinski definition) is 3. The molecule has 1 fully saturated rings. The first-order valence-electron chi connectivity index (χ1n) is 6.28. The maximum absolute atomic E-state index is 11.3. The predicted octanol–water partition coefficient (Wildman–Crippen LogP) is 3.04. The van der Waals surface area contributed by atoms with Gasteiger partial charge in [0.15, 0.2) is 0 Å². The van der Waals surface area contributed by atoms with Crippen molar-refractivity contribution in [1.82, 2.24) is 0 Å². The van der Waals surface area contributed by atoms with E-state index in [1.165, 1.54) is 0 Å². The minimum absolute atomic E-state index is 0.240. The first-order valence-corrected chi connectivity index (χ1v) is 6.66. The monoisotopic (exact) mass is 283 g/mol. The first kappa shape index (κ1) is 14.2. The lowest BCUT2D eigenvalue weighted by Crippen LogP contribution is -2.47. The van der Waals surface area contributed by atoms with Gasteiger partial charge in [-0.3, -0.25) is 0 Å². The SMILES string of the molecule is COC1(C)CCCN(c2cc(Cl)ccc2C(=O)O)C1. The number of carboxylic acid groups (broad SMARTS) is 1. The van der Waals surface area contributed by atoms with E-state index in [-0.39, 0.29) is 11.2 Å². The summed E-state index contributed by atoms with van der Waals surface area (Å²) in [5, 5.41) is 9.82. The molecule has 1 N–H and O–H groups in total. The van der Waals surface area contributed by atoms with Gasteiger partial charge in [-0.2, -0.15) is 0 Å². The van der Waals surface area contributed by atoms with Crippen molar-refractivity contribution in [2.75, 3.05) is 25.1 Å². The van der Waals surface area contributed by atoms with Gasteiger partial charge in [-0.1, -0.05) is 11.6 Å². The molecule has 1 saturated heterocycles. The van der Waals surface area contributed by atoms with Crippen LogP contribution in [0.4, 0.5) is 5.69 Å². The van der Waals surface area contributed by atoms with Crippen LogP contribution >= 0.6 is 11.6 Å². The van der Waals surface area contributed by atoms with E-state index in [0.29, 0.717) is 17.3 Å². The second-order valence-corrected chi connectivity index (χ2v) is 5.58. The molecule has 104 valence electrons. The quantitative estimate of drug-likeness (QED) is 0.926. The lowest BCUT2D eigenvalue weighted by atomic mass is 9.94. The number of aromatic carboxylic acids is 1. The lowest BCUT2D eigenvalue weighted by molar-refractivity contribution is -0.00472. The number of methoxy groups -OCH3 is 1. The van der Waals surface area contributed by atoms with Crippen LogP contribution in [0.2, 0.25) is 5.02 Å². The minimum Gasteiger partial charge on any atom is -0.478 e. The molecule has 0 spiro atoms. The zero-order valence-corrected chi connectivity index (χ0v) is 11.9. The molecule has 1 aliphatic rings. The highest BCUT2D eigenvalue weighted by Gasteiger charge is 2.32. The number of hydrogen-bond donors (Lipinski definition) is 1. The van der Waals surface area contributed by atoms with Crippen LogP contribution in [-0.2, 0) is 4.74 Å². The molecule has 19 heavy (non-hydrogen) atoms. The molecule has 1 aliphatic heterocycles. The number of ether oxygens (including phenoxy) is 1. The number of piperidine rings is 1. The lowest BCUT2D eigenvalue weighted by Gasteiger charge is -2.41. The molecular weight excluding hydrogens is 266 g/mol. The van der Waals surface area contributed by atoms with Crippen LogP contribution in [-0.4, -0.2) is 36.9 Å². The van der Waals surface area contributed by atoms with Crippen molar-refractivity contribution < 1.29 is 14.6 Å². The van der Waals surface area contributed by atoms with Gasteiger partial charge in [-0.25, -0.2) is 4.79 Å². The van der Waals surface area contributed by atoms with Gasteiger partial charge < -0.3 is 14.7 Å². The molecule has 1 atom stereocenters. The molecule has 5 heteroatoms. The first-order chi connectivity index (χ1) is 8.95. The molecule has 0 aromatic heterocycles. The third kappa shape index (κ3) is 3.01. The Bertz CT molecular complexity index is 492. The number of halogens is 1. The summed E-state index contributed by atoms with van der Waals surface area (Å²) in [6.45, 7) is 3.54. The maximum atomic E-state index is 11.3. The summed E-state index contributed by atoms with van der Waals surface area (Å²) >= 11 is 5.99. The molecule has 1 aromatic rings. The average molecular weight is 284 g/mol. The number of nitrogens with zero attached hydrogens (tertiary/aromatic N) is 1. The minimum atomic E-state index is -0.934. The zero-order valence-electron chi connectivity index (χ0n) is 11.1. The fraction of sp³-hybridized carbons (Fsp3) is 0.500. The molecule has 0 saturated carbocycles. The van der Waals surface area contributed by atoms with Gasteiger partial charge in [0, 0.05) is 25.2 Å². The van der Waals surface area contributed by atoms with Crippen molar-refractivity contribution in [2.24, 2.45) is 0 Å². The van der Waals surface area contributed by atoms with Crippen LogP contribution in [0.25, 0.3) is 0 Å². The van der Waals surface area contributed by atoms with E-state index < -0.39 is 5.97 Å². The Morgan fingerprint density at radius 3 is 2.89 bits per heavy atom. The van der Waals surface area contributed by atoms with Gasteiger partial charge in [0.1, 0.15) is 0 Å². The normalized spacial score (nSPS) is 23.4. The highest BCUT2D eigenvalue weighted by molar-refractivity contribution is 6.31. The second-order valence-electron chi connectivity index (χ2n) is 5.15. The smallest absolute Gasteiger partial charge is 0.337 e. The summed E-state index contributed by atoms with van der Waals surface area (Å²) in [5.74, 6) is -0.934. The van der Waals surface area contributed by atoms with Crippen LogP contribution in [0, 0.1) is 0 Å². The van der Waals surface area contributed by atoms with Crippen LogP contribution in [0.5, 0.6) is 0 Å². The van der Waals surface area contributed by atoms with Crippen LogP contribution in [0.15, 0.2) is 18.2 Å². The van der Waals surface area contributed by atoms with Crippen molar-refractivity contribution in [3.8, 4) is 0 Å². The predicted molar refractivity (Wildman–Crippen MR) is 75.3 cm³/mol. The molecule has 0 radical (unpaired) electrons. The van der Waals surface area contributed by atoms with Gasteiger partial charge in [0.25, 0.3) is 0 Å². The number of rotatable bonds is 3. The molecule has 1 heterocycles. The number of carboxylic acids is 1. The van der Waals surface area contributed by atoms with E-state index in [1.807, 2.05) is 11.8 Å². The molecule has 0 aliphatic carbocycles. The molecule has 0 amide bonds. The third-order valence-electron chi connectivity index (χ3n) is 3.68. The number of carbonyl (C=O) groups is 1. The zero-order chi connectivity index (χ0) is 14.0. The Kier molecular flexibility index (Phi) is 4.02. The van der Waals surface area contributed by atoms with E-state index in [1.54, 1.807) is 25.3 Å². The van der Waals surface area contributed by atoms with Gasteiger partial charge in [-0.15, -0.1) is 0 Å². The Morgan fingerprint density at radius 1 is 1.53 bits per heavy atom. The number of benzene rings is 1. The van der Waals surface area contributed by atoms with Gasteiger partial charge in [-0.05, 0) is 38.0 Å². The highest BCUT2D eigenvalue weighted by Crippen LogP contribution is 2.31. The summed E-state index contributed by atoms with van der Waals surface area (Å²) in [6, 6.07) is 4.87. The molecule has 0 bridgehead atoms. The topological polar surface area (TPSA) is 49.8 Å². The van der Waals surface area contributed by atoms with Crippen molar-refractivity contribution in [1.29, 1.82) is 0 Å². The summed E-state index contributed by atoms with van der Waals surface area (Å²) in [5.41, 5.74) is 0.712. The Hall–Kier alpha value is -1.26.